The average molecular weight is 289 g/mol. The van der Waals surface area contributed by atoms with Crippen molar-refractivity contribution in [2.75, 3.05) is 7.11 Å². The van der Waals surface area contributed by atoms with Crippen LogP contribution in [0.3, 0.4) is 0 Å². The third-order valence-electron chi connectivity index (χ3n) is 3.56. The minimum absolute atomic E-state index is 0.0748. The molecule has 2 rings (SSSR count). The predicted molar refractivity (Wildman–Crippen MR) is 81.0 cm³/mol. The van der Waals surface area contributed by atoms with Gasteiger partial charge < -0.3 is 15.2 Å². The zero-order valence-corrected chi connectivity index (χ0v) is 12.4. The summed E-state index contributed by atoms with van der Waals surface area (Å²) in [5, 5.41) is 13.2. The van der Waals surface area contributed by atoms with Crippen LogP contribution in [0.25, 0.3) is 0 Å². The molecule has 2 N–H and O–H groups in total. The highest BCUT2D eigenvalue weighted by Gasteiger charge is 2.17. The standard InChI is InChI=1S/C17H20FNO2/c1-11(14-6-4-5-7-16(14)20)19-12(2)15-10-13(18)8-9-17(15)21-3/h4-12,19-20H,1-3H3. The maximum Gasteiger partial charge on any atom is 0.123 e. The van der Waals surface area contributed by atoms with Crippen LogP contribution >= 0.6 is 0 Å². The summed E-state index contributed by atoms with van der Waals surface area (Å²) in [6.07, 6.45) is 0. The van der Waals surface area contributed by atoms with Crippen LogP contribution in [-0.2, 0) is 0 Å². The molecule has 0 amide bonds. The van der Waals surface area contributed by atoms with E-state index in [0.717, 1.165) is 11.1 Å². The lowest BCUT2D eigenvalue weighted by atomic mass is 10.0. The second-order valence-electron chi connectivity index (χ2n) is 5.06. The fraction of sp³-hybridized carbons (Fsp3) is 0.294. The molecule has 0 heterocycles. The maximum atomic E-state index is 13.4. The van der Waals surface area contributed by atoms with E-state index in [0.29, 0.717) is 5.75 Å². The average Bonchev–Trinajstić information content (AvgIpc) is 2.47. The number of hydrogen-bond acceptors (Lipinski definition) is 3. The summed E-state index contributed by atoms with van der Waals surface area (Å²) >= 11 is 0. The number of phenols is 1. The molecule has 2 aromatic rings. The molecule has 0 fully saturated rings. The third kappa shape index (κ3) is 3.52. The Morgan fingerprint density at radius 2 is 1.71 bits per heavy atom. The fourth-order valence-corrected chi connectivity index (χ4v) is 2.45. The minimum atomic E-state index is -0.297. The number of halogens is 1. The molecule has 2 unspecified atom stereocenters. The Hall–Kier alpha value is -2.07. The van der Waals surface area contributed by atoms with E-state index >= 15 is 0 Å². The van der Waals surface area contributed by atoms with Gasteiger partial charge in [-0.25, -0.2) is 4.39 Å². The van der Waals surface area contributed by atoms with Crippen molar-refractivity contribution in [3.63, 3.8) is 0 Å². The van der Waals surface area contributed by atoms with Gasteiger partial charge in [-0.05, 0) is 38.1 Å². The molecule has 2 atom stereocenters. The highest BCUT2D eigenvalue weighted by atomic mass is 19.1. The molecule has 0 aliphatic carbocycles. The third-order valence-corrected chi connectivity index (χ3v) is 3.56. The molecule has 112 valence electrons. The maximum absolute atomic E-state index is 13.4. The number of nitrogens with one attached hydrogen (secondary N) is 1. The number of phenolic OH excluding ortho intramolecular Hbond substituents is 1. The molecule has 0 aliphatic heterocycles. The van der Waals surface area contributed by atoms with Gasteiger partial charge in [-0.1, -0.05) is 18.2 Å². The number of para-hydroxylation sites is 1. The number of benzene rings is 2. The van der Waals surface area contributed by atoms with Crippen molar-refractivity contribution in [1.82, 2.24) is 5.32 Å². The van der Waals surface area contributed by atoms with E-state index in [2.05, 4.69) is 5.32 Å². The summed E-state index contributed by atoms with van der Waals surface area (Å²) in [5.74, 6) is 0.589. The molecule has 0 radical (unpaired) electrons. The van der Waals surface area contributed by atoms with E-state index in [1.807, 2.05) is 26.0 Å². The Kier molecular flexibility index (Phi) is 4.81. The summed E-state index contributed by atoms with van der Waals surface area (Å²) in [6.45, 7) is 3.89. The summed E-state index contributed by atoms with van der Waals surface area (Å²) in [4.78, 5) is 0. The predicted octanol–water partition coefficient (Wildman–Crippen LogP) is 3.95. The van der Waals surface area contributed by atoms with Gasteiger partial charge in [-0.3, -0.25) is 0 Å². The van der Waals surface area contributed by atoms with E-state index in [1.165, 1.54) is 12.1 Å². The van der Waals surface area contributed by atoms with Crippen molar-refractivity contribution < 1.29 is 14.2 Å². The van der Waals surface area contributed by atoms with Gasteiger partial charge in [-0.2, -0.15) is 0 Å². The summed E-state index contributed by atoms with van der Waals surface area (Å²) < 4.78 is 18.7. The van der Waals surface area contributed by atoms with Gasteiger partial charge in [0.25, 0.3) is 0 Å². The first-order chi connectivity index (χ1) is 10.0. The minimum Gasteiger partial charge on any atom is -0.508 e. The molecule has 2 aromatic carbocycles. The van der Waals surface area contributed by atoms with E-state index in [-0.39, 0.29) is 23.7 Å². The normalized spacial score (nSPS) is 13.7. The molecule has 0 saturated heterocycles. The lowest BCUT2D eigenvalue weighted by Crippen LogP contribution is -2.23. The van der Waals surface area contributed by atoms with Gasteiger partial charge in [0.1, 0.15) is 17.3 Å². The number of rotatable bonds is 5. The van der Waals surface area contributed by atoms with Gasteiger partial charge in [0.2, 0.25) is 0 Å². The SMILES string of the molecule is COc1ccc(F)cc1C(C)NC(C)c1ccccc1O. The van der Waals surface area contributed by atoms with E-state index in [4.69, 9.17) is 4.74 Å². The van der Waals surface area contributed by atoms with E-state index in [9.17, 15) is 9.50 Å². The fourth-order valence-electron chi connectivity index (χ4n) is 2.45. The van der Waals surface area contributed by atoms with Crippen molar-refractivity contribution in [1.29, 1.82) is 0 Å². The summed E-state index contributed by atoms with van der Waals surface area (Å²) in [7, 11) is 1.57. The van der Waals surface area contributed by atoms with Gasteiger partial charge in [-0.15, -0.1) is 0 Å². The molecule has 21 heavy (non-hydrogen) atoms. The van der Waals surface area contributed by atoms with Gasteiger partial charge in [0.05, 0.1) is 7.11 Å². The Morgan fingerprint density at radius 1 is 1.05 bits per heavy atom. The van der Waals surface area contributed by atoms with Crippen molar-refractivity contribution in [2.45, 2.75) is 25.9 Å². The number of aromatic hydroxyl groups is 1. The Balaban J connectivity index is 2.20. The summed E-state index contributed by atoms with van der Waals surface area (Å²) in [6, 6.07) is 11.4. The molecule has 3 nitrogen and oxygen atoms in total. The zero-order chi connectivity index (χ0) is 15.4. The van der Waals surface area contributed by atoms with E-state index in [1.54, 1.807) is 25.3 Å². The van der Waals surface area contributed by atoms with Crippen LogP contribution in [0.2, 0.25) is 0 Å². The molecule has 0 saturated carbocycles. The molecule has 0 spiro atoms. The number of methoxy groups -OCH3 is 1. The largest absolute Gasteiger partial charge is 0.508 e. The number of ether oxygens (including phenoxy) is 1. The van der Waals surface area contributed by atoms with Crippen LogP contribution in [0, 0.1) is 5.82 Å². The van der Waals surface area contributed by atoms with Crippen LogP contribution in [0.5, 0.6) is 11.5 Å². The lowest BCUT2D eigenvalue weighted by Gasteiger charge is -2.23. The second kappa shape index (κ2) is 6.59. The van der Waals surface area contributed by atoms with Crippen molar-refractivity contribution >= 4 is 0 Å². The van der Waals surface area contributed by atoms with Crippen LogP contribution in [-0.4, -0.2) is 12.2 Å². The van der Waals surface area contributed by atoms with Crippen molar-refractivity contribution in [2.24, 2.45) is 0 Å². The van der Waals surface area contributed by atoms with Crippen LogP contribution in [0.1, 0.15) is 37.1 Å². The van der Waals surface area contributed by atoms with Gasteiger partial charge in [0.15, 0.2) is 0 Å². The highest BCUT2D eigenvalue weighted by Crippen LogP contribution is 2.30. The van der Waals surface area contributed by atoms with Crippen molar-refractivity contribution in [3.8, 4) is 11.5 Å². The highest BCUT2D eigenvalue weighted by molar-refractivity contribution is 5.38. The van der Waals surface area contributed by atoms with E-state index < -0.39 is 0 Å². The van der Waals surface area contributed by atoms with Gasteiger partial charge >= 0.3 is 0 Å². The Bertz CT molecular complexity index is 615. The topological polar surface area (TPSA) is 41.5 Å². The molecule has 0 aliphatic rings. The molecule has 0 bridgehead atoms. The first kappa shape index (κ1) is 15.3. The molecule has 0 aromatic heterocycles. The quantitative estimate of drug-likeness (QED) is 0.875. The van der Waals surface area contributed by atoms with Gasteiger partial charge in [0, 0.05) is 23.2 Å². The Morgan fingerprint density at radius 3 is 2.38 bits per heavy atom. The van der Waals surface area contributed by atoms with Crippen LogP contribution in [0.15, 0.2) is 42.5 Å². The molecule has 4 heteroatoms. The zero-order valence-electron chi connectivity index (χ0n) is 12.4. The first-order valence-electron chi connectivity index (χ1n) is 6.90. The Labute approximate surface area is 124 Å². The first-order valence-corrected chi connectivity index (χ1v) is 6.90. The monoisotopic (exact) mass is 289 g/mol. The smallest absolute Gasteiger partial charge is 0.123 e. The second-order valence-corrected chi connectivity index (χ2v) is 5.06. The lowest BCUT2D eigenvalue weighted by molar-refractivity contribution is 0.392. The van der Waals surface area contributed by atoms with Crippen LogP contribution < -0.4 is 10.1 Å². The molecular formula is C17H20FNO2. The van der Waals surface area contributed by atoms with Crippen molar-refractivity contribution in [3.05, 3.63) is 59.4 Å². The summed E-state index contributed by atoms with van der Waals surface area (Å²) in [5.41, 5.74) is 1.56. The number of hydrogen-bond donors (Lipinski definition) is 2. The van der Waals surface area contributed by atoms with Crippen LogP contribution in [0.4, 0.5) is 4.39 Å². The molecular weight excluding hydrogens is 269 g/mol.